The van der Waals surface area contributed by atoms with Crippen LogP contribution in [0.15, 0.2) is 97.1 Å². The number of aliphatic hydroxyl groups is 2. The standard InChI is InChI=1S/2C33H41ClN2O5S/c2*1-20-6-12-30(37)27-10-7-25(27)17-36-18-33(14-4-5-23-15-26(34)9-11-28(23)33)19-41-31-13-8-24(16-29(31)36)32(38)35-42(39,40)22(3)21(20)2/h2*6,8-9,11-13,15-16,20-22,25,27,30,37H,4-5,7,10,14,17-19H2,1-3H3,(H,35,38)/b2*12-6+/t20-,21+,22-,25+,27-,30-,33+;20-,21-,22+,25-,27+,30+,33-/m10/s1. The SMILES string of the molecule is C[C@@H]1[C@@H](C)S(=O)(=O)NC(=O)c2ccc3c(c2)N(C[C@@H]2CC[C@H]2[C@H](O)/C=C/[C@@H]1C)C[C@@]1(CCCc2cc(Cl)ccc21)CO3.C[C@H]1[C@H](C)/C=C/[C@@H](O)[C@@H]2CC[C@H]2CN2C[C@@]3(CCCc4cc(Cl)ccc43)COc3ccc(cc32)C(=O)NS(=O)(=O)[C@@H]1C. The van der Waals surface area contributed by atoms with Crippen LogP contribution in [-0.2, 0) is 43.7 Å². The average Bonchev–Trinajstić information content (AvgIpc) is 3.55. The maximum Gasteiger partial charge on any atom is 0.264 e. The molecule has 4 aromatic carbocycles. The van der Waals surface area contributed by atoms with Crippen molar-refractivity contribution in [2.75, 3.05) is 49.2 Å². The van der Waals surface area contributed by atoms with Gasteiger partial charge in [0.05, 0.1) is 47.3 Å². The number of rotatable bonds is 0. The highest BCUT2D eigenvalue weighted by atomic mass is 35.5. The number of nitrogens with zero attached hydrogens (tertiary/aromatic N) is 2. The molecule has 4 bridgehead atoms. The lowest BCUT2D eigenvalue weighted by molar-refractivity contribution is 0.0452. The van der Waals surface area contributed by atoms with Gasteiger partial charge in [0.2, 0.25) is 20.0 Å². The van der Waals surface area contributed by atoms with Gasteiger partial charge in [0.15, 0.2) is 0 Å². The lowest BCUT2D eigenvalue weighted by atomic mass is 9.68. The van der Waals surface area contributed by atoms with Crippen molar-refractivity contribution < 1.29 is 46.1 Å². The summed E-state index contributed by atoms with van der Waals surface area (Å²) in [5, 5.41) is 22.3. The molecule has 2 saturated carbocycles. The number of aliphatic hydroxyl groups excluding tert-OH is 2. The fourth-order valence-corrected chi connectivity index (χ4v) is 18.0. The van der Waals surface area contributed by atoms with E-state index < -0.39 is 54.6 Å². The van der Waals surface area contributed by atoms with Crippen molar-refractivity contribution in [3.05, 3.63) is 141 Å². The Labute approximate surface area is 506 Å². The number of fused-ring (bicyclic) bond motifs is 8. The molecule has 0 aromatic heterocycles. The first kappa shape index (κ1) is 60.6. The van der Waals surface area contributed by atoms with Crippen LogP contribution in [0.25, 0.3) is 0 Å². The van der Waals surface area contributed by atoms with Crippen LogP contribution in [0.3, 0.4) is 0 Å². The van der Waals surface area contributed by atoms with Crippen molar-refractivity contribution in [2.45, 2.75) is 139 Å². The van der Waals surface area contributed by atoms with E-state index in [2.05, 4.69) is 43.5 Å². The summed E-state index contributed by atoms with van der Waals surface area (Å²) in [6.07, 6.45) is 16.2. The van der Waals surface area contributed by atoms with Gasteiger partial charge in [0, 0.05) is 58.2 Å². The van der Waals surface area contributed by atoms with Crippen molar-refractivity contribution >= 4 is 66.4 Å². The van der Waals surface area contributed by atoms with Crippen LogP contribution < -0.4 is 28.7 Å². The van der Waals surface area contributed by atoms with E-state index >= 15 is 0 Å². The van der Waals surface area contributed by atoms with Gasteiger partial charge in [-0.2, -0.15) is 0 Å². The van der Waals surface area contributed by atoms with Gasteiger partial charge in [-0.25, -0.2) is 26.3 Å². The van der Waals surface area contributed by atoms with E-state index in [9.17, 15) is 36.6 Å². The Morgan fingerprint density at radius 3 is 1.33 bits per heavy atom. The number of carbonyl (C=O) groups is 2. The van der Waals surface area contributed by atoms with Crippen molar-refractivity contribution in [2.24, 2.45) is 47.3 Å². The minimum Gasteiger partial charge on any atom is -0.490 e. The highest BCUT2D eigenvalue weighted by Gasteiger charge is 2.47. The maximum absolute atomic E-state index is 13.4. The number of halogens is 2. The van der Waals surface area contributed by atoms with Gasteiger partial charge in [0.1, 0.15) is 11.5 Å². The zero-order valence-electron chi connectivity index (χ0n) is 49.1. The van der Waals surface area contributed by atoms with E-state index in [-0.39, 0.29) is 69.3 Å². The summed E-state index contributed by atoms with van der Waals surface area (Å²) in [4.78, 5) is 31.4. The smallest absolute Gasteiger partial charge is 0.264 e. The number of hydrogen-bond acceptors (Lipinski definition) is 12. The molecule has 4 aromatic rings. The Kier molecular flexibility index (Phi) is 17.2. The molecule has 8 aliphatic rings. The Balaban J connectivity index is 0.000000175. The molecule has 4 aliphatic heterocycles. The van der Waals surface area contributed by atoms with Gasteiger partial charge in [-0.3, -0.25) is 9.59 Å². The van der Waals surface area contributed by atoms with Gasteiger partial charge in [-0.1, -0.05) is 87.3 Å². The third kappa shape index (κ3) is 11.9. The lowest BCUT2D eigenvalue weighted by Crippen LogP contribution is -2.49. The number of ether oxygens (including phenoxy) is 2. The monoisotopic (exact) mass is 1220 g/mol. The molecule has 0 unspecified atom stereocenters. The summed E-state index contributed by atoms with van der Waals surface area (Å²) in [6.45, 7) is 14.7. The molecule has 2 fully saturated rings. The highest BCUT2D eigenvalue weighted by Crippen LogP contribution is 2.49. The van der Waals surface area contributed by atoms with E-state index in [0.29, 0.717) is 50.9 Å². The predicted octanol–water partition coefficient (Wildman–Crippen LogP) is 11.0. The van der Waals surface area contributed by atoms with E-state index in [1.807, 2.05) is 64.1 Å². The minimum atomic E-state index is -3.94. The number of aryl methyl sites for hydroxylation is 2. The summed E-state index contributed by atoms with van der Waals surface area (Å²) in [5.74, 6) is 0.158. The number of benzene rings is 4. The molecule has 18 heteroatoms. The second-order valence-electron chi connectivity index (χ2n) is 26.1. The molecular weight excluding hydrogens is 1140 g/mol. The topological polar surface area (TPSA) is 192 Å². The van der Waals surface area contributed by atoms with E-state index in [4.69, 9.17) is 32.7 Å². The van der Waals surface area contributed by atoms with Crippen LogP contribution in [0.1, 0.15) is 136 Å². The zero-order valence-corrected chi connectivity index (χ0v) is 52.3. The van der Waals surface area contributed by atoms with Crippen LogP contribution in [0, 0.1) is 47.3 Å². The van der Waals surface area contributed by atoms with Crippen LogP contribution in [0.5, 0.6) is 11.5 Å². The molecule has 4 N–H and O–H groups in total. The van der Waals surface area contributed by atoms with E-state index in [0.717, 1.165) is 85.6 Å². The van der Waals surface area contributed by atoms with Crippen molar-refractivity contribution in [3.8, 4) is 11.5 Å². The third-order valence-corrected chi connectivity index (χ3v) is 25.4. The molecule has 14 nitrogen and oxygen atoms in total. The molecule has 84 heavy (non-hydrogen) atoms. The van der Waals surface area contributed by atoms with Crippen molar-refractivity contribution in [3.63, 3.8) is 0 Å². The quantitative estimate of drug-likeness (QED) is 0.122. The Morgan fingerprint density at radius 1 is 0.548 bits per heavy atom. The van der Waals surface area contributed by atoms with E-state index in [1.54, 1.807) is 50.2 Å². The van der Waals surface area contributed by atoms with Crippen LogP contribution >= 0.6 is 23.2 Å². The molecule has 2 amide bonds. The summed E-state index contributed by atoms with van der Waals surface area (Å²) in [6, 6.07) is 22.8. The number of amides is 2. The third-order valence-electron chi connectivity index (χ3n) is 21.2. The normalized spacial score (nSPS) is 35.1. The van der Waals surface area contributed by atoms with Gasteiger partial charge in [0.25, 0.3) is 11.8 Å². The molecule has 452 valence electrons. The first-order valence-corrected chi connectivity index (χ1v) is 34.3. The minimum absolute atomic E-state index is 0.0962. The largest absolute Gasteiger partial charge is 0.490 e. The molecule has 0 saturated heterocycles. The van der Waals surface area contributed by atoms with Gasteiger partial charge < -0.3 is 29.5 Å². The Bertz CT molecular complexity index is 3240. The molecule has 14 atom stereocenters. The lowest BCUT2D eigenvalue weighted by Gasteiger charge is -2.45. The summed E-state index contributed by atoms with van der Waals surface area (Å²) in [7, 11) is -7.89. The number of hydrogen-bond donors (Lipinski definition) is 4. The van der Waals surface area contributed by atoms with Gasteiger partial charge in [-0.15, -0.1) is 0 Å². The Hall–Kier alpha value is -5.10. The molecule has 2 spiro atoms. The molecule has 12 rings (SSSR count). The highest BCUT2D eigenvalue weighted by molar-refractivity contribution is 7.91. The second kappa shape index (κ2) is 23.9. The van der Waals surface area contributed by atoms with Crippen molar-refractivity contribution in [1.29, 1.82) is 0 Å². The van der Waals surface area contributed by atoms with Crippen molar-refractivity contribution in [1.82, 2.24) is 9.44 Å². The number of allylic oxidation sites excluding steroid dienone is 2. The second-order valence-corrected chi connectivity index (χ2v) is 31.1. The summed E-state index contributed by atoms with van der Waals surface area (Å²) < 4.78 is 70.8. The van der Waals surface area contributed by atoms with E-state index in [1.165, 1.54) is 22.3 Å². The molecule has 4 heterocycles. The van der Waals surface area contributed by atoms with Gasteiger partial charge >= 0.3 is 0 Å². The fraction of sp³-hybridized carbons (Fsp3) is 0.545. The fourth-order valence-electron chi connectivity index (χ4n) is 14.8. The maximum atomic E-state index is 13.4. The average molecular weight is 1230 g/mol. The number of anilines is 2. The Morgan fingerprint density at radius 2 is 0.952 bits per heavy atom. The first-order valence-electron chi connectivity index (χ1n) is 30.4. The number of carbonyl (C=O) groups excluding carboxylic acids is 2. The number of nitrogens with one attached hydrogen (secondary N) is 2. The molecule has 0 radical (unpaired) electrons. The van der Waals surface area contributed by atoms with Gasteiger partial charge in [-0.05, 0) is 208 Å². The van der Waals surface area contributed by atoms with Crippen LogP contribution in [0.4, 0.5) is 11.4 Å². The summed E-state index contributed by atoms with van der Waals surface area (Å²) in [5.41, 5.74) is 6.63. The molecule has 4 aliphatic carbocycles. The van der Waals surface area contributed by atoms with Crippen LogP contribution in [0.2, 0.25) is 10.0 Å². The predicted molar refractivity (Wildman–Crippen MR) is 332 cm³/mol. The number of sulfonamides is 2. The summed E-state index contributed by atoms with van der Waals surface area (Å²) >= 11 is 12.8. The zero-order chi connectivity index (χ0) is 59.6. The van der Waals surface area contributed by atoms with Crippen LogP contribution in [-0.4, -0.2) is 101 Å². The first-order chi connectivity index (χ1) is 39.9. The molecular formula is C66H82Cl2N4O10S2.